The van der Waals surface area contributed by atoms with E-state index in [1.807, 2.05) is 12.1 Å². The smallest absolute Gasteiger partial charge is 0.168 e. The summed E-state index contributed by atoms with van der Waals surface area (Å²) in [5.74, 6) is 0. The van der Waals surface area contributed by atoms with Crippen LogP contribution in [0.1, 0.15) is 11.1 Å². The molecule has 0 radical (unpaired) electrons. The van der Waals surface area contributed by atoms with Crippen molar-refractivity contribution in [1.82, 2.24) is 0 Å². The summed E-state index contributed by atoms with van der Waals surface area (Å²) in [5.41, 5.74) is 2.60. The van der Waals surface area contributed by atoms with Crippen LogP contribution in [-0.4, -0.2) is 11.3 Å². The van der Waals surface area contributed by atoms with Crippen molar-refractivity contribution in [3.8, 4) is 0 Å². The SMILES string of the molecule is C=[N+](Cc1ccccc1)Cc1ccccc1.[I-]. The van der Waals surface area contributed by atoms with Crippen molar-refractivity contribution in [2.75, 3.05) is 0 Å². The summed E-state index contributed by atoms with van der Waals surface area (Å²) in [6, 6.07) is 20.8. The topological polar surface area (TPSA) is 3.01 Å². The number of nitrogens with zero attached hydrogens (tertiary/aromatic N) is 1. The van der Waals surface area contributed by atoms with Gasteiger partial charge in [-0.3, -0.25) is 0 Å². The normalized spacial score (nSPS) is 9.41. The average molecular weight is 337 g/mol. The molecule has 2 aromatic carbocycles. The molecule has 0 aliphatic heterocycles. The Morgan fingerprint density at radius 3 is 1.41 bits per heavy atom. The first-order chi connectivity index (χ1) is 7.84. The molecule has 88 valence electrons. The molecule has 2 aromatic rings. The predicted molar refractivity (Wildman–Crippen MR) is 67.7 cm³/mol. The van der Waals surface area contributed by atoms with Gasteiger partial charge in [0.25, 0.3) is 0 Å². The van der Waals surface area contributed by atoms with Crippen LogP contribution in [-0.2, 0) is 13.1 Å². The molecule has 1 nitrogen and oxygen atoms in total. The zero-order valence-corrected chi connectivity index (χ0v) is 11.9. The fraction of sp³-hybridized carbons (Fsp3) is 0.133. The van der Waals surface area contributed by atoms with Crippen LogP contribution in [0.5, 0.6) is 0 Å². The maximum Gasteiger partial charge on any atom is 0.168 e. The molecule has 0 amide bonds. The molecule has 0 aromatic heterocycles. The summed E-state index contributed by atoms with van der Waals surface area (Å²) in [7, 11) is 0. The van der Waals surface area contributed by atoms with Gasteiger partial charge in [-0.05, 0) is 0 Å². The summed E-state index contributed by atoms with van der Waals surface area (Å²) in [6.45, 7) is 5.83. The number of rotatable bonds is 4. The Morgan fingerprint density at radius 1 is 0.706 bits per heavy atom. The lowest BCUT2D eigenvalue weighted by Crippen LogP contribution is -3.00. The molecular weight excluding hydrogens is 321 g/mol. The van der Waals surface area contributed by atoms with Crippen LogP contribution < -0.4 is 24.0 Å². The monoisotopic (exact) mass is 337 g/mol. The molecule has 0 saturated heterocycles. The minimum Gasteiger partial charge on any atom is -1.00 e. The Bertz CT molecular complexity index is 407. The minimum atomic E-state index is 0. The van der Waals surface area contributed by atoms with Gasteiger partial charge in [-0.2, -0.15) is 0 Å². The first-order valence-electron chi connectivity index (χ1n) is 5.48. The fourth-order valence-corrected chi connectivity index (χ4v) is 1.74. The maximum atomic E-state index is 4.06. The largest absolute Gasteiger partial charge is 1.00 e. The molecule has 0 spiro atoms. The predicted octanol–water partition coefficient (Wildman–Crippen LogP) is 0.104. The minimum absolute atomic E-state index is 0. The van der Waals surface area contributed by atoms with Gasteiger partial charge in [-0.1, -0.05) is 60.7 Å². The summed E-state index contributed by atoms with van der Waals surface area (Å²) >= 11 is 0. The van der Waals surface area contributed by atoms with Crippen molar-refractivity contribution in [3.05, 3.63) is 71.8 Å². The van der Waals surface area contributed by atoms with Crippen molar-refractivity contribution < 1.29 is 28.6 Å². The van der Waals surface area contributed by atoms with E-state index < -0.39 is 0 Å². The molecule has 0 bridgehead atoms. The summed E-state index contributed by atoms with van der Waals surface area (Å²) < 4.78 is 2.07. The molecule has 0 aliphatic carbocycles. The Balaban J connectivity index is 0.00000144. The molecule has 0 atom stereocenters. The number of benzene rings is 2. The highest BCUT2D eigenvalue weighted by atomic mass is 127. The summed E-state index contributed by atoms with van der Waals surface area (Å²) in [4.78, 5) is 0. The quantitative estimate of drug-likeness (QED) is 0.423. The second-order valence-electron chi connectivity index (χ2n) is 3.96. The van der Waals surface area contributed by atoms with E-state index in [9.17, 15) is 0 Å². The average Bonchev–Trinajstić information content (AvgIpc) is 2.31. The number of hydrogen-bond donors (Lipinski definition) is 0. The van der Waals surface area contributed by atoms with E-state index in [2.05, 4.69) is 59.8 Å². The number of hydrogen-bond acceptors (Lipinski definition) is 0. The van der Waals surface area contributed by atoms with Crippen LogP contribution in [0.2, 0.25) is 0 Å². The highest BCUT2D eigenvalue weighted by molar-refractivity contribution is 5.19. The first kappa shape index (κ1) is 13.9. The van der Waals surface area contributed by atoms with Crippen molar-refractivity contribution in [2.45, 2.75) is 13.1 Å². The lowest BCUT2D eigenvalue weighted by Gasteiger charge is -2.02. The Morgan fingerprint density at radius 2 is 1.06 bits per heavy atom. The van der Waals surface area contributed by atoms with Gasteiger partial charge < -0.3 is 24.0 Å². The lowest BCUT2D eigenvalue weighted by atomic mass is 10.2. The second-order valence-corrected chi connectivity index (χ2v) is 3.96. The second kappa shape index (κ2) is 7.22. The summed E-state index contributed by atoms with van der Waals surface area (Å²) in [6.07, 6.45) is 0. The van der Waals surface area contributed by atoms with Gasteiger partial charge in [0, 0.05) is 11.1 Å². The Labute approximate surface area is 120 Å². The molecule has 0 heterocycles. The van der Waals surface area contributed by atoms with Gasteiger partial charge in [0.1, 0.15) is 6.72 Å². The molecule has 17 heavy (non-hydrogen) atoms. The van der Waals surface area contributed by atoms with E-state index in [0.29, 0.717) is 0 Å². The molecule has 0 N–H and O–H groups in total. The van der Waals surface area contributed by atoms with E-state index in [0.717, 1.165) is 13.1 Å². The summed E-state index contributed by atoms with van der Waals surface area (Å²) in [5, 5.41) is 0. The third-order valence-corrected chi connectivity index (χ3v) is 2.50. The first-order valence-corrected chi connectivity index (χ1v) is 5.48. The van der Waals surface area contributed by atoms with Crippen LogP contribution in [0.15, 0.2) is 60.7 Å². The third-order valence-electron chi connectivity index (χ3n) is 2.50. The molecule has 0 saturated carbocycles. The maximum absolute atomic E-state index is 4.06. The van der Waals surface area contributed by atoms with E-state index in [1.54, 1.807) is 0 Å². The standard InChI is InChI=1S/C15H16N.HI/c1-16(12-14-8-4-2-5-9-14)13-15-10-6-3-7-11-15;/h2-11H,1,12-13H2;1H/q+1;/p-1. The molecule has 2 heteroatoms. The van der Waals surface area contributed by atoms with Gasteiger partial charge in [-0.25, -0.2) is 4.58 Å². The van der Waals surface area contributed by atoms with Gasteiger partial charge in [0.05, 0.1) is 0 Å². The zero-order chi connectivity index (χ0) is 11.2. The van der Waals surface area contributed by atoms with Crippen LogP contribution >= 0.6 is 0 Å². The lowest BCUT2D eigenvalue weighted by molar-refractivity contribution is -0.551. The Hall–Kier alpha value is -1.16. The molecule has 0 aliphatic rings. The van der Waals surface area contributed by atoms with Gasteiger partial charge in [0.15, 0.2) is 13.1 Å². The molecule has 2 rings (SSSR count). The molecule has 0 fully saturated rings. The van der Waals surface area contributed by atoms with Crippen molar-refractivity contribution in [1.29, 1.82) is 0 Å². The van der Waals surface area contributed by atoms with Crippen LogP contribution in [0.3, 0.4) is 0 Å². The van der Waals surface area contributed by atoms with Crippen molar-refractivity contribution >= 4 is 6.72 Å². The van der Waals surface area contributed by atoms with Crippen molar-refractivity contribution in [2.24, 2.45) is 0 Å². The van der Waals surface area contributed by atoms with Crippen molar-refractivity contribution in [3.63, 3.8) is 0 Å². The van der Waals surface area contributed by atoms with Crippen LogP contribution in [0, 0.1) is 0 Å². The molecule has 0 unspecified atom stereocenters. The highest BCUT2D eigenvalue weighted by Crippen LogP contribution is 2.04. The number of halogens is 1. The fourth-order valence-electron chi connectivity index (χ4n) is 1.74. The highest BCUT2D eigenvalue weighted by Gasteiger charge is 2.03. The van der Waals surface area contributed by atoms with Crippen LogP contribution in [0.25, 0.3) is 0 Å². The van der Waals surface area contributed by atoms with Gasteiger partial charge >= 0.3 is 0 Å². The molecular formula is C15H16IN. The van der Waals surface area contributed by atoms with Gasteiger partial charge in [-0.15, -0.1) is 0 Å². The van der Waals surface area contributed by atoms with E-state index >= 15 is 0 Å². The third kappa shape index (κ3) is 4.69. The zero-order valence-electron chi connectivity index (χ0n) is 9.72. The van der Waals surface area contributed by atoms with E-state index in [1.165, 1.54) is 11.1 Å². The Kier molecular flexibility index (Phi) is 5.91. The van der Waals surface area contributed by atoms with E-state index in [-0.39, 0.29) is 24.0 Å². The van der Waals surface area contributed by atoms with Crippen LogP contribution in [0.4, 0.5) is 0 Å². The van der Waals surface area contributed by atoms with E-state index in [4.69, 9.17) is 0 Å². The van der Waals surface area contributed by atoms with Gasteiger partial charge in [0.2, 0.25) is 0 Å².